The summed E-state index contributed by atoms with van der Waals surface area (Å²) >= 11 is 0. The SMILES string of the molecule is O=C(NCC1CCOCC1)c1cc2ccccc2cc1O. The van der Waals surface area contributed by atoms with Crippen LogP contribution >= 0.6 is 0 Å². The van der Waals surface area contributed by atoms with E-state index < -0.39 is 0 Å². The molecule has 0 atom stereocenters. The summed E-state index contributed by atoms with van der Waals surface area (Å²) in [5, 5.41) is 14.8. The van der Waals surface area contributed by atoms with Crippen LogP contribution in [0.4, 0.5) is 0 Å². The van der Waals surface area contributed by atoms with Gasteiger partial charge in [-0.1, -0.05) is 24.3 Å². The Kier molecular flexibility index (Phi) is 4.06. The van der Waals surface area contributed by atoms with Crippen molar-refractivity contribution in [3.05, 3.63) is 42.0 Å². The van der Waals surface area contributed by atoms with Crippen molar-refractivity contribution in [3.63, 3.8) is 0 Å². The van der Waals surface area contributed by atoms with Crippen molar-refractivity contribution in [3.8, 4) is 5.75 Å². The molecular formula is C17H19NO3. The summed E-state index contributed by atoms with van der Waals surface area (Å²) in [6.07, 6.45) is 1.95. The van der Waals surface area contributed by atoms with Crippen molar-refractivity contribution in [1.29, 1.82) is 0 Å². The molecule has 4 heteroatoms. The van der Waals surface area contributed by atoms with E-state index >= 15 is 0 Å². The van der Waals surface area contributed by atoms with Gasteiger partial charge in [0.05, 0.1) is 5.56 Å². The largest absolute Gasteiger partial charge is 0.507 e. The molecule has 0 unspecified atom stereocenters. The van der Waals surface area contributed by atoms with E-state index in [0.717, 1.165) is 36.8 Å². The number of phenols is 1. The van der Waals surface area contributed by atoms with Crippen molar-refractivity contribution in [2.75, 3.05) is 19.8 Å². The van der Waals surface area contributed by atoms with Gasteiger partial charge < -0.3 is 15.2 Å². The highest BCUT2D eigenvalue weighted by Gasteiger charge is 2.17. The molecule has 1 amide bonds. The number of amides is 1. The van der Waals surface area contributed by atoms with E-state index in [1.807, 2.05) is 24.3 Å². The second kappa shape index (κ2) is 6.14. The molecule has 110 valence electrons. The Bertz CT molecular complexity index is 648. The summed E-state index contributed by atoms with van der Waals surface area (Å²) in [7, 11) is 0. The third-order valence-corrected chi connectivity index (χ3v) is 4.00. The molecule has 0 radical (unpaired) electrons. The molecule has 0 saturated carbocycles. The maximum atomic E-state index is 12.2. The lowest BCUT2D eigenvalue weighted by Crippen LogP contribution is -2.32. The molecule has 21 heavy (non-hydrogen) atoms. The van der Waals surface area contributed by atoms with E-state index in [2.05, 4.69) is 5.32 Å². The van der Waals surface area contributed by atoms with Crippen LogP contribution in [-0.4, -0.2) is 30.8 Å². The Morgan fingerprint density at radius 2 is 1.86 bits per heavy atom. The van der Waals surface area contributed by atoms with E-state index in [9.17, 15) is 9.90 Å². The van der Waals surface area contributed by atoms with Crippen LogP contribution in [-0.2, 0) is 4.74 Å². The number of ether oxygens (including phenoxy) is 1. The molecule has 1 heterocycles. The van der Waals surface area contributed by atoms with E-state index in [1.165, 1.54) is 0 Å². The molecule has 0 aliphatic carbocycles. The van der Waals surface area contributed by atoms with Gasteiger partial charge in [0.2, 0.25) is 0 Å². The summed E-state index contributed by atoms with van der Waals surface area (Å²) in [5.74, 6) is 0.272. The van der Waals surface area contributed by atoms with Gasteiger partial charge >= 0.3 is 0 Å². The summed E-state index contributed by atoms with van der Waals surface area (Å²) < 4.78 is 5.31. The molecule has 2 N–H and O–H groups in total. The zero-order valence-electron chi connectivity index (χ0n) is 11.8. The topological polar surface area (TPSA) is 58.6 Å². The first-order valence-electron chi connectivity index (χ1n) is 7.32. The summed E-state index contributed by atoms with van der Waals surface area (Å²) in [6.45, 7) is 2.16. The van der Waals surface area contributed by atoms with Gasteiger partial charge in [-0.3, -0.25) is 4.79 Å². The molecule has 2 aromatic carbocycles. The van der Waals surface area contributed by atoms with Gasteiger partial charge in [-0.25, -0.2) is 0 Å². The minimum absolute atomic E-state index is 0.0261. The molecule has 0 spiro atoms. The number of rotatable bonds is 3. The second-order valence-corrected chi connectivity index (χ2v) is 5.48. The molecular weight excluding hydrogens is 266 g/mol. The first kappa shape index (κ1) is 13.9. The Labute approximate surface area is 123 Å². The zero-order valence-corrected chi connectivity index (χ0v) is 11.8. The fourth-order valence-corrected chi connectivity index (χ4v) is 2.69. The second-order valence-electron chi connectivity index (χ2n) is 5.48. The van der Waals surface area contributed by atoms with Crippen molar-refractivity contribution in [2.45, 2.75) is 12.8 Å². The molecule has 2 aromatic rings. The number of fused-ring (bicyclic) bond motifs is 1. The number of hydrogen-bond acceptors (Lipinski definition) is 3. The lowest BCUT2D eigenvalue weighted by Gasteiger charge is -2.22. The average molecular weight is 285 g/mol. The molecule has 0 bridgehead atoms. The number of carbonyl (C=O) groups excluding carboxylic acids is 1. The Balaban J connectivity index is 1.73. The molecule has 4 nitrogen and oxygen atoms in total. The molecule has 3 rings (SSSR count). The summed E-state index contributed by atoms with van der Waals surface area (Å²) in [6, 6.07) is 11.1. The van der Waals surface area contributed by atoms with E-state index in [1.54, 1.807) is 12.1 Å². The predicted molar refractivity (Wildman–Crippen MR) is 81.5 cm³/mol. The lowest BCUT2D eigenvalue weighted by molar-refractivity contribution is 0.0642. The van der Waals surface area contributed by atoms with Gasteiger partial charge in [-0.15, -0.1) is 0 Å². The molecule has 1 saturated heterocycles. The van der Waals surface area contributed by atoms with Crippen molar-refractivity contribution in [1.82, 2.24) is 5.32 Å². The van der Waals surface area contributed by atoms with Crippen molar-refractivity contribution in [2.24, 2.45) is 5.92 Å². The molecule has 1 aliphatic rings. The highest BCUT2D eigenvalue weighted by atomic mass is 16.5. The monoisotopic (exact) mass is 285 g/mol. The van der Waals surface area contributed by atoms with E-state index in [-0.39, 0.29) is 11.7 Å². The normalized spacial score (nSPS) is 16.0. The van der Waals surface area contributed by atoms with Gasteiger partial charge in [-0.2, -0.15) is 0 Å². The Hall–Kier alpha value is -2.07. The fraction of sp³-hybridized carbons (Fsp3) is 0.353. The highest BCUT2D eigenvalue weighted by Crippen LogP contribution is 2.25. The minimum atomic E-state index is -0.218. The van der Waals surface area contributed by atoms with E-state index in [4.69, 9.17) is 4.74 Å². The average Bonchev–Trinajstić information content (AvgIpc) is 2.53. The number of nitrogens with one attached hydrogen (secondary N) is 1. The molecule has 1 fully saturated rings. The summed E-state index contributed by atoms with van der Waals surface area (Å²) in [5.41, 5.74) is 0.334. The van der Waals surface area contributed by atoms with Crippen LogP contribution in [0.3, 0.4) is 0 Å². The maximum absolute atomic E-state index is 12.2. The smallest absolute Gasteiger partial charge is 0.255 e. The van der Waals surface area contributed by atoms with Gasteiger partial charge in [0.1, 0.15) is 5.75 Å². The van der Waals surface area contributed by atoms with Gasteiger partial charge in [-0.05, 0) is 41.7 Å². The van der Waals surface area contributed by atoms with Crippen LogP contribution in [0.1, 0.15) is 23.2 Å². The highest BCUT2D eigenvalue weighted by molar-refractivity contribution is 6.01. The van der Waals surface area contributed by atoms with Crippen LogP contribution in [0.2, 0.25) is 0 Å². The van der Waals surface area contributed by atoms with Gasteiger partial charge in [0, 0.05) is 19.8 Å². The number of phenolic OH excluding ortho intramolecular Hbond substituents is 1. The fourth-order valence-electron chi connectivity index (χ4n) is 2.69. The number of carbonyl (C=O) groups is 1. The minimum Gasteiger partial charge on any atom is -0.507 e. The maximum Gasteiger partial charge on any atom is 0.255 e. The third kappa shape index (κ3) is 3.16. The standard InChI is InChI=1S/C17H19NO3/c19-16-10-14-4-2-1-3-13(14)9-15(16)17(20)18-11-12-5-7-21-8-6-12/h1-4,9-10,12,19H,5-8,11H2,(H,18,20). The van der Waals surface area contributed by atoms with Crippen LogP contribution in [0, 0.1) is 5.92 Å². The summed E-state index contributed by atoms with van der Waals surface area (Å²) in [4.78, 5) is 12.2. The molecule has 1 aliphatic heterocycles. The van der Waals surface area contributed by atoms with Gasteiger partial charge in [0.25, 0.3) is 5.91 Å². The van der Waals surface area contributed by atoms with Crippen LogP contribution in [0.5, 0.6) is 5.75 Å². The van der Waals surface area contributed by atoms with Crippen molar-refractivity contribution < 1.29 is 14.6 Å². The van der Waals surface area contributed by atoms with Gasteiger partial charge in [0.15, 0.2) is 0 Å². The first-order chi connectivity index (χ1) is 10.2. The predicted octanol–water partition coefficient (Wildman–Crippen LogP) is 2.70. The number of hydrogen-bond donors (Lipinski definition) is 2. The Morgan fingerprint density at radius 1 is 1.19 bits per heavy atom. The van der Waals surface area contributed by atoms with E-state index in [0.29, 0.717) is 18.0 Å². The number of aromatic hydroxyl groups is 1. The quantitative estimate of drug-likeness (QED) is 0.911. The molecule has 0 aromatic heterocycles. The lowest BCUT2D eigenvalue weighted by atomic mass is 10.00. The first-order valence-corrected chi connectivity index (χ1v) is 7.32. The number of benzene rings is 2. The van der Waals surface area contributed by atoms with Crippen LogP contribution in [0.25, 0.3) is 10.8 Å². The van der Waals surface area contributed by atoms with Crippen molar-refractivity contribution >= 4 is 16.7 Å². The van der Waals surface area contributed by atoms with Crippen LogP contribution < -0.4 is 5.32 Å². The van der Waals surface area contributed by atoms with Crippen LogP contribution in [0.15, 0.2) is 36.4 Å². The zero-order chi connectivity index (χ0) is 14.7. The third-order valence-electron chi connectivity index (χ3n) is 4.00. The Morgan fingerprint density at radius 3 is 2.57 bits per heavy atom.